The Bertz CT molecular complexity index is 672. The van der Waals surface area contributed by atoms with Gasteiger partial charge in [-0.25, -0.2) is 4.39 Å². The lowest BCUT2D eigenvalue weighted by Gasteiger charge is -2.24. The fourth-order valence-electron chi connectivity index (χ4n) is 2.26. The highest BCUT2D eigenvalue weighted by Crippen LogP contribution is 2.42. The van der Waals surface area contributed by atoms with Gasteiger partial charge in [-0.05, 0) is 35.9 Å². The predicted molar refractivity (Wildman–Crippen MR) is 85.5 cm³/mol. The van der Waals surface area contributed by atoms with E-state index in [1.807, 2.05) is 0 Å². The first-order chi connectivity index (χ1) is 10.0. The van der Waals surface area contributed by atoms with Gasteiger partial charge in [0.05, 0.1) is 5.75 Å². The minimum atomic E-state index is -0.301. The lowest BCUT2D eigenvalue weighted by Crippen LogP contribution is -2.27. The van der Waals surface area contributed by atoms with Gasteiger partial charge < -0.3 is 0 Å². The molecule has 108 valence electrons. The molecule has 2 aromatic rings. The van der Waals surface area contributed by atoms with Gasteiger partial charge in [0, 0.05) is 15.7 Å². The van der Waals surface area contributed by atoms with Crippen molar-refractivity contribution in [1.29, 1.82) is 0 Å². The van der Waals surface area contributed by atoms with Crippen molar-refractivity contribution in [1.82, 2.24) is 0 Å². The zero-order valence-corrected chi connectivity index (χ0v) is 13.1. The molecule has 2 nitrogen and oxygen atoms in total. The molecule has 0 spiro atoms. The molecule has 0 aromatic heterocycles. The number of thioether (sulfide) groups is 1. The summed E-state index contributed by atoms with van der Waals surface area (Å²) in [6, 6.07) is 11.2. The van der Waals surface area contributed by atoms with Crippen molar-refractivity contribution >= 4 is 46.6 Å². The number of anilines is 1. The second kappa shape index (κ2) is 5.87. The van der Waals surface area contributed by atoms with E-state index in [0.29, 0.717) is 21.5 Å². The molecule has 0 N–H and O–H groups in total. The second-order valence-electron chi connectivity index (χ2n) is 4.61. The molecule has 0 radical (unpaired) electrons. The van der Waals surface area contributed by atoms with Crippen LogP contribution in [0.5, 0.6) is 0 Å². The van der Waals surface area contributed by atoms with Crippen LogP contribution in [0.4, 0.5) is 10.1 Å². The van der Waals surface area contributed by atoms with Gasteiger partial charge in [0.15, 0.2) is 0 Å². The first-order valence-electron chi connectivity index (χ1n) is 6.20. The minimum absolute atomic E-state index is 0.0207. The summed E-state index contributed by atoms with van der Waals surface area (Å²) in [4.78, 5) is 13.8. The minimum Gasteiger partial charge on any atom is -0.295 e. The molecule has 21 heavy (non-hydrogen) atoms. The average molecular weight is 342 g/mol. The van der Waals surface area contributed by atoms with Gasteiger partial charge in [-0.2, -0.15) is 0 Å². The Morgan fingerprint density at radius 1 is 1.10 bits per heavy atom. The molecule has 1 saturated heterocycles. The predicted octanol–water partition coefficient (Wildman–Crippen LogP) is 4.91. The van der Waals surface area contributed by atoms with Crippen molar-refractivity contribution in [2.75, 3.05) is 10.7 Å². The van der Waals surface area contributed by atoms with Gasteiger partial charge in [0.1, 0.15) is 11.2 Å². The van der Waals surface area contributed by atoms with Crippen LogP contribution in [0.15, 0.2) is 42.5 Å². The maximum Gasteiger partial charge on any atom is 0.238 e. The van der Waals surface area contributed by atoms with Gasteiger partial charge >= 0.3 is 0 Å². The lowest BCUT2D eigenvalue weighted by molar-refractivity contribution is -0.115. The number of rotatable bonds is 2. The smallest absolute Gasteiger partial charge is 0.238 e. The van der Waals surface area contributed by atoms with Gasteiger partial charge in [-0.15, -0.1) is 11.8 Å². The third-order valence-electron chi connectivity index (χ3n) is 3.15. The topological polar surface area (TPSA) is 20.3 Å². The largest absolute Gasteiger partial charge is 0.295 e. The number of carbonyl (C=O) groups is 1. The SMILES string of the molecule is O=C1CS[C@@H](c2ccc(F)cc2)N1c1cc(Cl)cc(Cl)c1. The van der Waals surface area contributed by atoms with E-state index >= 15 is 0 Å². The molecule has 2 aromatic carbocycles. The van der Waals surface area contributed by atoms with E-state index in [0.717, 1.165) is 5.56 Å². The number of amides is 1. The maximum absolute atomic E-state index is 13.1. The molecule has 0 bridgehead atoms. The normalized spacial score (nSPS) is 18.3. The zero-order valence-electron chi connectivity index (χ0n) is 10.7. The lowest BCUT2D eigenvalue weighted by atomic mass is 10.2. The third kappa shape index (κ3) is 3.03. The molecular weight excluding hydrogens is 332 g/mol. The highest BCUT2D eigenvalue weighted by Gasteiger charge is 2.34. The molecule has 1 amide bonds. The zero-order chi connectivity index (χ0) is 15.0. The molecule has 1 aliphatic rings. The Morgan fingerprint density at radius 2 is 1.71 bits per heavy atom. The van der Waals surface area contributed by atoms with E-state index in [2.05, 4.69) is 0 Å². The number of carbonyl (C=O) groups excluding carboxylic acids is 1. The van der Waals surface area contributed by atoms with Crippen LogP contribution in [-0.4, -0.2) is 11.7 Å². The molecule has 6 heteroatoms. The van der Waals surface area contributed by atoms with Crippen molar-refractivity contribution < 1.29 is 9.18 Å². The monoisotopic (exact) mass is 341 g/mol. The van der Waals surface area contributed by atoms with Gasteiger partial charge in [-0.1, -0.05) is 35.3 Å². The van der Waals surface area contributed by atoms with Crippen molar-refractivity contribution in [2.24, 2.45) is 0 Å². The summed E-state index contributed by atoms with van der Waals surface area (Å²) in [6.07, 6.45) is 0. The van der Waals surface area contributed by atoms with E-state index in [9.17, 15) is 9.18 Å². The molecule has 0 aliphatic carbocycles. The quantitative estimate of drug-likeness (QED) is 0.773. The Hall–Kier alpha value is -1.23. The maximum atomic E-state index is 13.1. The summed E-state index contributed by atoms with van der Waals surface area (Å²) in [5.74, 6) is 0.0460. The number of nitrogens with zero attached hydrogens (tertiary/aromatic N) is 1. The molecule has 0 unspecified atom stereocenters. The van der Waals surface area contributed by atoms with E-state index in [1.165, 1.54) is 23.9 Å². The van der Waals surface area contributed by atoms with Crippen LogP contribution in [0.25, 0.3) is 0 Å². The summed E-state index contributed by atoms with van der Waals surface area (Å²) >= 11 is 13.5. The van der Waals surface area contributed by atoms with Crippen LogP contribution in [0.2, 0.25) is 10.0 Å². The van der Waals surface area contributed by atoms with Crippen LogP contribution >= 0.6 is 35.0 Å². The van der Waals surface area contributed by atoms with Crippen LogP contribution < -0.4 is 4.90 Å². The van der Waals surface area contributed by atoms with Crippen molar-refractivity contribution in [3.8, 4) is 0 Å². The third-order valence-corrected chi connectivity index (χ3v) is 4.80. The fraction of sp³-hybridized carbons (Fsp3) is 0.133. The summed E-state index contributed by atoms with van der Waals surface area (Å²) in [6.45, 7) is 0. The first-order valence-corrected chi connectivity index (χ1v) is 8.00. The summed E-state index contributed by atoms with van der Waals surface area (Å²) in [7, 11) is 0. The second-order valence-corrected chi connectivity index (χ2v) is 6.55. The van der Waals surface area contributed by atoms with Crippen LogP contribution in [0.1, 0.15) is 10.9 Å². The summed E-state index contributed by atoms with van der Waals surface area (Å²) in [5.41, 5.74) is 1.51. The molecule has 1 aliphatic heterocycles. The Balaban J connectivity index is 2.01. The standard InChI is InChI=1S/C15H10Cl2FNOS/c16-10-5-11(17)7-13(6-10)19-14(20)8-21-15(19)9-1-3-12(18)4-2-9/h1-7,15H,8H2/t15-/m0/s1. The van der Waals surface area contributed by atoms with E-state index in [4.69, 9.17) is 23.2 Å². The average Bonchev–Trinajstić information content (AvgIpc) is 2.80. The Kier molecular flexibility index (Phi) is 4.11. The summed E-state index contributed by atoms with van der Waals surface area (Å²) in [5, 5.41) is 0.743. The Morgan fingerprint density at radius 3 is 2.33 bits per heavy atom. The van der Waals surface area contributed by atoms with Gasteiger partial charge in [0.2, 0.25) is 5.91 Å². The molecular formula is C15H10Cl2FNOS. The highest BCUT2D eigenvalue weighted by molar-refractivity contribution is 8.00. The van der Waals surface area contributed by atoms with Crippen LogP contribution in [0.3, 0.4) is 0 Å². The molecule has 0 saturated carbocycles. The number of benzene rings is 2. The Labute approximate surface area is 135 Å². The number of hydrogen-bond acceptors (Lipinski definition) is 2. The molecule has 1 fully saturated rings. The summed E-state index contributed by atoms with van der Waals surface area (Å²) < 4.78 is 13.1. The van der Waals surface area contributed by atoms with E-state index in [1.54, 1.807) is 35.2 Å². The van der Waals surface area contributed by atoms with Gasteiger partial charge in [-0.3, -0.25) is 9.69 Å². The van der Waals surface area contributed by atoms with Crippen molar-refractivity contribution in [2.45, 2.75) is 5.37 Å². The number of halogens is 3. The van der Waals surface area contributed by atoms with Crippen LogP contribution in [-0.2, 0) is 4.79 Å². The van der Waals surface area contributed by atoms with E-state index < -0.39 is 0 Å². The fourth-order valence-corrected chi connectivity index (χ4v) is 3.95. The van der Waals surface area contributed by atoms with E-state index in [-0.39, 0.29) is 17.1 Å². The van der Waals surface area contributed by atoms with Crippen molar-refractivity contribution in [3.63, 3.8) is 0 Å². The molecule has 1 heterocycles. The van der Waals surface area contributed by atoms with Crippen molar-refractivity contribution in [3.05, 3.63) is 63.9 Å². The molecule has 3 rings (SSSR count). The molecule has 1 atom stereocenters. The van der Waals surface area contributed by atoms with Crippen LogP contribution in [0, 0.1) is 5.82 Å². The number of hydrogen-bond donors (Lipinski definition) is 0. The highest BCUT2D eigenvalue weighted by atomic mass is 35.5. The first kappa shape index (κ1) is 14.7. The van der Waals surface area contributed by atoms with Gasteiger partial charge in [0.25, 0.3) is 0 Å².